The molecule has 0 aliphatic rings. The number of rotatable bonds is 4. The van der Waals surface area contributed by atoms with Gasteiger partial charge in [-0.3, -0.25) is 0 Å². The molecule has 0 aliphatic heterocycles. The van der Waals surface area contributed by atoms with Crippen LogP contribution in [0.2, 0.25) is 0 Å². The largest absolute Gasteiger partial charge is 0.379 e. The first-order valence-corrected chi connectivity index (χ1v) is 7.70. The highest BCUT2D eigenvalue weighted by atomic mass is 32.1. The second-order valence-electron chi connectivity index (χ2n) is 6.19. The maximum atomic E-state index is 4.70. The molecule has 2 rings (SSSR count). The Labute approximate surface area is 125 Å². The molecule has 3 nitrogen and oxygen atoms in total. The highest BCUT2D eigenvalue weighted by Crippen LogP contribution is 2.26. The van der Waals surface area contributed by atoms with E-state index < -0.39 is 0 Å². The number of hydrogen-bond donors (Lipinski definition) is 1. The zero-order valence-corrected chi connectivity index (χ0v) is 13.7. The second kappa shape index (κ2) is 5.83. The van der Waals surface area contributed by atoms with Gasteiger partial charge in [0.05, 0.1) is 17.2 Å². The van der Waals surface area contributed by atoms with E-state index in [-0.39, 0.29) is 5.41 Å². The summed E-state index contributed by atoms with van der Waals surface area (Å²) in [4.78, 5) is 6.80. The van der Waals surface area contributed by atoms with E-state index in [2.05, 4.69) is 74.7 Å². The molecule has 1 N–H and O–H groups in total. The third-order valence-corrected chi connectivity index (χ3v) is 4.35. The molecule has 0 fully saturated rings. The number of nitrogens with zero attached hydrogens (tertiary/aromatic N) is 2. The fourth-order valence-corrected chi connectivity index (χ4v) is 2.73. The first-order chi connectivity index (χ1) is 9.36. The van der Waals surface area contributed by atoms with Crippen molar-refractivity contribution in [1.29, 1.82) is 0 Å². The molecule has 1 heterocycles. The molecule has 0 bridgehead atoms. The smallest absolute Gasteiger partial charge is 0.0982 e. The molecule has 20 heavy (non-hydrogen) atoms. The van der Waals surface area contributed by atoms with Crippen LogP contribution in [0.5, 0.6) is 0 Å². The van der Waals surface area contributed by atoms with Gasteiger partial charge in [-0.1, -0.05) is 26.8 Å². The minimum absolute atomic E-state index is 0.133. The van der Waals surface area contributed by atoms with Crippen molar-refractivity contribution in [3.05, 3.63) is 40.3 Å². The molecule has 0 unspecified atom stereocenters. The molecule has 0 radical (unpaired) electrons. The summed E-state index contributed by atoms with van der Waals surface area (Å²) in [6.45, 7) is 7.36. The van der Waals surface area contributed by atoms with Gasteiger partial charge in [0.25, 0.3) is 0 Å². The summed E-state index contributed by atoms with van der Waals surface area (Å²) in [6.07, 6.45) is 0. The number of anilines is 2. The maximum absolute atomic E-state index is 4.70. The Kier molecular flexibility index (Phi) is 4.33. The summed E-state index contributed by atoms with van der Waals surface area (Å²) in [7, 11) is 4.10. The molecule has 4 heteroatoms. The van der Waals surface area contributed by atoms with Crippen LogP contribution in [-0.2, 0) is 12.0 Å². The SMILES string of the molecule is CN(C)c1cccc(NCc2csc(C(C)(C)C)n2)c1. The predicted molar refractivity (Wildman–Crippen MR) is 88.9 cm³/mol. The molecular weight excluding hydrogens is 266 g/mol. The Morgan fingerprint density at radius 2 is 2.00 bits per heavy atom. The average Bonchev–Trinajstić information content (AvgIpc) is 2.85. The van der Waals surface area contributed by atoms with E-state index in [0.717, 1.165) is 17.9 Å². The molecule has 108 valence electrons. The molecule has 0 amide bonds. The Morgan fingerprint density at radius 3 is 2.60 bits per heavy atom. The van der Waals surface area contributed by atoms with Crippen molar-refractivity contribution in [1.82, 2.24) is 4.98 Å². The van der Waals surface area contributed by atoms with E-state index in [4.69, 9.17) is 4.98 Å². The van der Waals surface area contributed by atoms with Crippen LogP contribution >= 0.6 is 11.3 Å². The lowest BCUT2D eigenvalue weighted by molar-refractivity contribution is 0.583. The summed E-state index contributed by atoms with van der Waals surface area (Å²) in [6, 6.07) is 8.41. The molecule has 0 atom stereocenters. The predicted octanol–water partition coefficient (Wildman–Crippen LogP) is 4.12. The maximum Gasteiger partial charge on any atom is 0.0982 e. The van der Waals surface area contributed by atoms with Crippen molar-refractivity contribution in [2.45, 2.75) is 32.7 Å². The lowest BCUT2D eigenvalue weighted by Crippen LogP contribution is -2.11. The van der Waals surface area contributed by atoms with Crippen LogP contribution in [0, 0.1) is 0 Å². The van der Waals surface area contributed by atoms with Gasteiger partial charge >= 0.3 is 0 Å². The zero-order chi connectivity index (χ0) is 14.8. The zero-order valence-electron chi connectivity index (χ0n) is 12.9. The van der Waals surface area contributed by atoms with Gasteiger partial charge in [0, 0.05) is 36.3 Å². The number of benzene rings is 1. The van der Waals surface area contributed by atoms with Gasteiger partial charge in [-0.25, -0.2) is 4.98 Å². The van der Waals surface area contributed by atoms with Gasteiger partial charge in [-0.2, -0.15) is 0 Å². The molecule has 2 aromatic rings. The summed E-state index contributed by atoms with van der Waals surface area (Å²) in [5, 5.41) is 6.77. The molecule has 0 aliphatic carbocycles. The number of thiazole rings is 1. The van der Waals surface area contributed by atoms with Crippen LogP contribution in [0.4, 0.5) is 11.4 Å². The quantitative estimate of drug-likeness (QED) is 0.917. The van der Waals surface area contributed by atoms with Crippen LogP contribution in [0.3, 0.4) is 0 Å². The molecule has 1 aromatic heterocycles. The molecular formula is C16H23N3S. The standard InChI is InChI=1S/C16H23N3S/c1-16(2,3)15-18-13(11-20-15)10-17-12-7-6-8-14(9-12)19(4)5/h6-9,11,17H,10H2,1-5H3. The van der Waals surface area contributed by atoms with Crippen LogP contribution in [0.15, 0.2) is 29.6 Å². The topological polar surface area (TPSA) is 28.2 Å². The second-order valence-corrected chi connectivity index (χ2v) is 7.05. The Bertz CT molecular complexity index is 567. The Balaban J connectivity index is 2.02. The number of nitrogens with one attached hydrogen (secondary N) is 1. The van der Waals surface area contributed by atoms with Gasteiger partial charge in [-0.15, -0.1) is 11.3 Å². The third-order valence-electron chi connectivity index (χ3n) is 3.03. The molecule has 0 spiro atoms. The Hall–Kier alpha value is -1.55. The number of hydrogen-bond acceptors (Lipinski definition) is 4. The van der Waals surface area contributed by atoms with Crippen molar-refractivity contribution in [3.63, 3.8) is 0 Å². The third kappa shape index (κ3) is 3.73. The fraction of sp³-hybridized carbons (Fsp3) is 0.438. The highest BCUT2D eigenvalue weighted by Gasteiger charge is 2.17. The van der Waals surface area contributed by atoms with E-state index in [9.17, 15) is 0 Å². The summed E-state index contributed by atoms with van der Waals surface area (Å²) in [5.41, 5.74) is 3.56. The molecule has 0 saturated carbocycles. The number of aromatic nitrogens is 1. The van der Waals surface area contributed by atoms with Gasteiger partial charge in [0.1, 0.15) is 0 Å². The van der Waals surface area contributed by atoms with E-state index in [1.165, 1.54) is 10.7 Å². The fourth-order valence-electron chi connectivity index (χ4n) is 1.82. The lowest BCUT2D eigenvalue weighted by atomic mass is 9.98. The van der Waals surface area contributed by atoms with Crippen molar-refractivity contribution in [3.8, 4) is 0 Å². The van der Waals surface area contributed by atoms with E-state index >= 15 is 0 Å². The van der Waals surface area contributed by atoms with Gasteiger partial charge in [0.15, 0.2) is 0 Å². The molecule has 1 aromatic carbocycles. The van der Waals surface area contributed by atoms with Crippen LogP contribution in [0.1, 0.15) is 31.5 Å². The first kappa shape index (κ1) is 14.9. The van der Waals surface area contributed by atoms with Crippen molar-refractivity contribution in [2.75, 3.05) is 24.3 Å². The van der Waals surface area contributed by atoms with Crippen molar-refractivity contribution >= 4 is 22.7 Å². The first-order valence-electron chi connectivity index (χ1n) is 6.82. The van der Waals surface area contributed by atoms with Crippen LogP contribution in [0.25, 0.3) is 0 Å². The lowest BCUT2D eigenvalue weighted by Gasteiger charge is -2.14. The van der Waals surface area contributed by atoms with Gasteiger partial charge < -0.3 is 10.2 Å². The van der Waals surface area contributed by atoms with E-state index in [1.807, 2.05) is 0 Å². The van der Waals surface area contributed by atoms with Crippen molar-refractivity contribution < 1.29 is 0 Å². The van der Waals surface area contributed by atoms with Gasteiger partial charge in [0.2, 0.25) is 0 Å². The van der Waals surface area contributed by atoms with Gasteiger partial charge in [-0.05, 0) is 18.2 Å². The summed E-state index contributed by atoms with van der Waals surface area (Å²) >= 11 is 1.74. The minimum atomic E-state index is 0.133. The monoisotopic (exact) mass is 289 g/mol. The van der Waals surface area contributed by atoms with Crippen LogP contribution in [-0.4, -0.2) is 19.1 Å². The minimum Gasteiger partial charge on any atom is -0.379 e. The van der Waals surface area contributed by atoms with E-state index in [0.29, 0.717) is 0 Å². The van der Waals surface area contributed by atoms with Crippen molar-refractivity contribution in [2.24, 2.45) is 0 Å². The normalized spacial score (nSPS) is 11.4. The molecule has 0 saturated heterocycles. The van der Waals surface area contributed by atoms with Crippen LogP contribution < -0.4 is 10.2 Å². The average molecular weight is 289 g/mol. The van der Waals surface area contributed by atoms with E-state index in [1.54, 1.807) is 11.3 Å². The summed E-state index contributed by atoms with van der Waals surface area (Å²) in [5.74, 6) is 0. The Morgan fingerprint density at radius 1 is 1.25 bits per heavy atom. The summed E-state index contributed by atoms with van der Waals surface area (Å²) < 4.78 is 0. The highest BCUT2D eigenvalue weighted by molar-refractivity contribution is 7.09.